The molecule has 0 saturated carbocycles. The monoisotopic (exact) mass is 482 g/mol. The molecule has 0 aromatic heterocycles. The van der Waals surface area contributed by atoms with E-state index in [9.17, 15) is 19.5 Å². The van der Waals surface area contributed by atoms with Gasteiger partial charge in [0.25, 0.3) is 0 Å². The Hall–Kier alpha value is -3.00. The fourth-order valence-electron chi connectivity index (χ4n) is 4.63. The minimum Gasteiger partial charge on any atom is -0.480 e. The van der Waals surface area contributed by atoms with Crippen molar-refractivity contribution in [2.75, 3.05) is 24.8 Å². The van der Waals surface area contributed by atoms with Crippen LogP contribution >= 0.6 is 11.8 Å². The average Bonchev–Trinajstić information content (AvgIpc) is 3.46. The number of aliphatic carboxylic acids is 1. The molecule has 0 bridgehead atoms. The second-order valence-corrected chi connectivity index (χ2v) is 9.63. The molecule has 4 rings (SSSR count). The predicted molar refractivity (Wildman–Crippen MR) is 132 cm³/mol. The summed E-state index contributed by atoms with van der Waals surface area (Å²) in [5, 5.41) is 12.0. The Morgan fingerprint density at radius 1 is 0.971 bits per heavy atom. The van der Waals surface area contributed by atoms with Gasteiger partial charge in [-0.2, -0.15) is 0 Å². The van der Waals surface area contributed by atoms with Crippen LogP contribution in [-0.4, -0.2) is 58.8 Å². The number of thioether (sulfide) groups is 1. The van der Waals surface area contributed by atoms with Crippen molar-refractivity contribution in [3.8, 4) is 11.1 Å². The maximum Gasteiger partial charge on any atom is 0.407 e. The van der Waals surface area contributed by atoms with Gasteiger partial charge in [0.1, 0.15) is 12.6 Å². The number of carboxylic acids is 1. The van der Waals surface area contributed by atoms with Crippen LogP contribution in [0.15, 0.2) is 48.5 Å². The number of carboxylic acid groups (broad SMARTS) is 1. The maximum absolute atomic E-state index is 12.2. The van der Waals surface area contributed by atoms with E-state index >= 15 is 0 Å². The van der Waals surface area contributed by atoms with Crippen molar-refractivity contribution in [1.82, 2.24) is 10.2 Å². The number of amides is 2. The lowest BCUT2D eigenvalue weighted by molar-refractivity contribution is -0.147. The van der Waals surface area contributed by atoms with E-state index in [4.69, 9.17) is 4.74 Å². The summed E-state index contributed by atoms with van der Waals surface area (Å²) in [6.45, 7) is 0.822. The number of carbonyl (C=O) groups excluding carboxylic acids is 2. The fourth-order valence-corrected chi connectivity index (χ4v) is 5.80. The van der Waals surface area contributed by atoms with Crippen molar-refractivity contribution >= 4 is 29.7 Å². The minimum atomic E-state index is -0.933. The number of fused-ring (bicyclic) bond motifs is 3. The first-order valence-corrected chi connectivity index (χ1v) is 12.9. The summed E-state index contributed by atoms with van der Waals surface area (Å²) in [7, 11) is 0. The molecule has 1 heterocycles. The quantitative estimate of drug-likeness (QED) is 0.486. The van der Waals surface area contributed by atoms with E-state index in [-0.39, 0.29) is 11.8 Å². The summed E-state index contributed by atoms with van der Waals surface area (Å²) < 4.78 is 5.54. The zero-order chi connectivity index (χ0) is 23.9. The molecule has 1 fully saturated rings. The van der Waals surface area contributed by atoms with Gasteiger partial charge in [-0.1, -0.05) is 61.4 Å². The number of benzene rings is 2. The van der Waals surface area contributed by atoms with Gasteiger partial charge >= 0.3 is 12.1 Å². The highest BCUT2D eigenvalue weighted by Gasteiger charge is 2.34. The first-order valence-electron chi connectivity index (χ1n) is 11.7. The third kappa shape index (κ3) is 5.55. The Kier molecular flexibility index (Phi) is 8.11. The van der Waals surface area contributed by atoms with Crippen molar-refractivity contribution in [1.29, 1.82) is 0 Å². The fraction of sp³-hybridized carbons (Fsp3) is 0.423. The largest absolute Gasteiger partial charge is 0.480 e. The second-order valence-electron chi connectivity index (χ2n) is 8.63. The molecule has 2 amide bonds. The molecule has 180 valence electrons. The molecule has 1 atom stereocenters. The van der Waals surface area contributed by atoms with Crippen LogP contribution < -0.4 is 5.32 Å². The van der Waals surface area contributed by atoms with Gasteiger partial charge in [-0.3, -0.25) is 4.79 Å². The summed E-state index contributed by atoms with van der Waals surface area (Å²) in [4.78, 5) is 37.1. The second kappa shape index (κ2) is 11.4. The van der Waals surface area contributed by atoms with E-state index in [1.807, 2.05) is 24.3 Å². The van der Waals surface area contributed by atoms with Crippen molar-refractivity contribution < 1.29 is 24.2 Å². The Balaban J connectivity index is 1.11. The molecule has 1 saturated heterocycles. The lowest BCUT2D eigenvalue weighted by Crippen LogP contribution is -2.41. The van der Waals surface area contributed by atoms with Crippen LogP contribution in [0.1, 0.15) is 49.1 Å². The predicted octanol–water partition coefficient (Wildman–Crippen LogP) is 4.46. The zero-order valence-corrected chi connectivity index (χ0v) is 19.9. The highest BCUT2D eigenvalue weighted by molar-refractivity contribution is 7.99. The first kappa shape index (κ1) is 24.1. The number of hydrogen-bond acceptors (Lipinski definition) is 5. The van der Waals surface area contributed by atoms with Crippen LogP contribution in [0.2, 0.25) is 0 Å². The summed E-state index contributed by atoms with van der Waals surface area (Å²) >= 11 is 1.48. The van der Waals surface area contributed by atoms with Gasteiger partial charge in [-0.05, 0) is 35.1 Å². The number of unbranched alkanes of at least 4 members (excludes halogenated alkanes) is 3. The molecule has 7 nitrogen and oxygen atoms in total. The van der Waals surface area contributed by atoms with Gasteiger partial charge < -0.3 is 20.1 Å². The molecule has 8 heteroatoms. The van der Waals surface area contributed by atoms with Gasteiger partial charge in [-0.15, -0.1) is 11.8 Å². The number of ether oxygens (including phenoxy) is 1. The Labute approximate surface area is 203 Å². The SMILES string of the molecule is O=C(NCCCCCCC(=O)N1CSCC1C(=O)O)OCC1c2ccccc2-c2ccccc21. The van der Waals surface area contributed by atoms with Gasteiger partial charge in [0.15, 0.2) is 0 Å². The van der Waals surface area contributed by atoms with E-state index < -0.39 is 18.1 Å². The van der Waals surface area contributed by atoms with Gasteiger partial charge in [0, 0.05) is 24.6 Å². The molecule has 0 spiro atoms. The van der Waals surface area contributed by atoms with Gasteiger partial charge in [0.2, 0.25) is 5.91 Å². The average molecular weight is 483 g/mol. The molecular formula is C26H30N2O5S. The van der Waals surface area contributed by atoms with Crippen molar-refractivity contribution in [2.45, 2.75) is 44.1 Å². The third-order valence-electron chi connectivity index (χ3n) is 6.42. The zero-order valence-electron chi connectivity index (χ0n) is 19.1. The van der Waals surface area contributed by atoms with Crippen LogP contribution in [0.3, 0.4) is 0 Å². The number of rotatable bonds is 10. The molecule has 34 heavy (non-hydrogen) atoms. The highest BCUT2D eigenvalue weighted by atomic mass is 32.2. The van der Waals surface area contributed by atoms with E-state index in [0.29, 0.717) is 31.2 Å². The lowest BCUT2D eigenvalue weighted by Gasteiger charge is -2.20. The van der Waals surface area contributed by atoms with Crippen LogP contribution in [0.25, 0.3) is 11.1 Å². The van der Waals surface area contributed by atoms with Crippen molar-refractivity contribution in [3.63, 3.8) is 0 Å². The molecule has 1 aliphatic carbocycles. The Bertz CT molecular complexity index is 998. The first-order chi connectivity index (χ1) is 16.6. The molecule has 0 radical (unpaired) electrons. The Morgan fingerprint density at radius 2 is 1.62 bits per heavy atom. The van der Waals surface area contributed by atoms with E-state index in [1.54, 1.807) is 0 Å². The Morgan fingerprint density at radius 3 is 2.29 bits per heavy atom. The van der Waals surface area contributed by atoms with Crippen molar-refractivity contribution in [2.24, 2.45) is 0 Å². The molecule has 2 aliphatic rings. The standard InChI is InChI=1S/C26H30N2O5S/c29-24(28-17-34-16-23(28)25(30)31)13-3-1-2-8-14-27-26(32)33-15-22-20-11-6-4-9-18(20)19-10-5-7-12-21(19)22/h4-7,9-12,22-23H,1-3,8,13-17H2,(H,27,32)(H,30,31). The smallest absolute Gasteiger partial charge is 0.407 e. The van der Waals surface area contributed by atoms with Gasteiger partial charge in [-0.25, -0.2) is 9.59 Å². The van der Waals surface area contributed by atoms with Crippen LogP contribution in [-0.2, 0) is 14.3 Å². The number of carbonyl (C=O) groups is 3. The molecule has 1 aliphatic heterocycles. The molecule has 2 aromatic rings. The lowest BCUT2D eigenvalue weighted by atomic mass is 9.98. The topological polar surface area (TPSA) is 95.9 Å². The maximum atomic E-state index is 12.2. The normalized spacial score (nSPS) is 16.7. The molecule has 2 N–H and O–H groups in total. The van der Waals surface area contributed by atoms with E-state index in [0.717, 1.165) is 25.7 Å². The molecular weight excluding hydrogens is 452 g/mol. The summed E-state index contributed by atoms with van der Waals surface area (Å²) in [6.07, 6.45) is 3.21. The van der Waals surface area contributed by atoms with E-state index in [1.165, 1.54) is 38.9 Å². The summed E-state index contributed by atoms with van der Waals surface area (Å²) in [5.41, 5.74) is 4.78. The van der Waals surface area contributed by atoms with Crippen LogP contribution in [0.4, 0.5) is 4.79 Å². The minimum absolute atomic E-state index is 0.0467. The third-order valence-corrected chi connectivity index (χ3v) is 7.43. The number of alkyl carbamates (subject to hydrolysis) is 1. The van der Waals surface area contributed by atoms with Gasteiger partial charge in [0.05, 0.1) is 5.88 Å². The molecule has 2 aromatic carbocycles. The number of hydrogen-bond donors (Lipinski definition) is 2. The van der Waals surface area contributed by atoms with Crippen LogP contribution in [0.5, 0.6) is 0 Å². The summed E-state index contributed by atoms with van der Waals surface area (Å²) in [6, 6.07) is 15.8. The van der Waals surface area contributed by atoms with Crippen molar-refractivity contribution in [3.05, 3.63) is 59.7 Å². The highest BCUT2D eigenvalue weighted by Crippen LogP contribution is 2.44. The number of nitrogens with one attached hydrogen (secondary N) is 1. The van der Waals surface area contributed by atoms with E-state index in [2.05, 4.69) is 29.6 Å². The number of nitrogens with zero attached hydrogens (tertiary/aromatic N) is 1. The van der Waals surface area contributed by atoms with Crippen LogP contribution in [0, 0.1) is 0 Å². The summed E-state index contributed by atoms with van der Waals surface area (Å²) in [5.74, 6) is -0.0557. The molecule has 1 unspecified atom stereocenters.